The van der Waals surface area contributed by atoms with Crippen molar-refractivity contribution >= 4 is 17.8 Å². The monoisotopic (exact) mass is 488 g/mol. The first kappa shape index (κ1) is 25.9. The Kier molecular flexibility index (Phi) is 8.07. The number of ketones is 1. The molecule has 6 heteroatoms. The lowest BCUT2D eigenvalue weighted by molar-refractivity contribution is -0.129. The molecule has 4 rings (SSSR count). The van der Waals surface area contributed by atoms with Crippen LogP contribution in [-0.4, -0.2) is 66.0 Å². The molecule has 1 amide bonds. The molecular formula is C30H36N2O4. The van der Waals surface area contributed by atoms with Crippen LogP contribution in [0.5, 0.6) is 0 Å². The van der Waals surface area contributed by atoms with E-state index in [1.165, 1.54) is 11.6 Å². The lowest BCUT2D eigenvalue weighted by Crippen LogP contribution is -2.39. The molecule has 0 radical (unpaired) electrons. The van der Waals surface area contributed by atoms with Crippen LogP contribution in [0.3, 0.4) is 0 Å². The summed E-state index contributed by atoms with van der Waals surface area (Å²) < 4.78 is 5.42. The van der Waals surface area contributed by atoms with Gasteiger partial charge in [-0.15, -0.1) is 0 Å². The van der Waals surface area contributed by atoms with Crippen LogP contribution in [0, 0.1) is 0 Å². The summed E-state index contributed by atoms with van der Waals surface area (Å²) in [6.07, 6.45) is 3.91. The summed E-state index contributed by atoms with van der Waals surface area (Å²) in [4.78, 5) is 30.5. The van der Waals surface area contributed by atoms with Gasteiger partial charge in [-0.25, -0.2) is 0 Å². The number of carbonyl (C=O) groups is 2. The average Bonchev–Trinajstić information content (AvgIpc) is 3.13. The Balaban J connectivity index is 1.60. The van der Waals surface area contributed by atoms with Crippen LogP contribution in [0.2, 0.25) is 0 Å². The number of nitrogens with zero attached hydrogens (tertiary/aromatic N) is 2. The molecule has 0 unspecified atom stereocenters. The Morgan fingerprint density at radius 1 is 1.03 bits per heavy atom. The predicted molar refractivity (Wildman–Crippen MR) is 142 cm³/mol. The second-order valence-electron chi connectivity index (χ2n) is 10.5. The van der Waals surface area contributed by atoms with Crippen molar-refractivity contribution in [2.24, 2.45) is 0 Å². The number of allylic oxidation sites excluding steroid dienone is 1. The van der Waals surface area contributed by atoms with Crippen LogP contribution in [0.15, 0.2) is 72.0 Å². The SMILES string of the molecule is CC(C)(C)c1ccc([C@H]2C(C(=O)/C=C/c3ccccc3)=C(O)C(=O)N2CCCN2CCOCC2)cc1. The number of benzene rings is 2. The smallest absolute Gasteiger partial charge is 0.290 e. The van der Waals surface area contributed by atoms with Crippen LogP contribution in [-0.2, 0) is 19.7 Å². The van der Waals surface area contributed by atoms with Crippen molar-refractivity contribution in [3.05, 3.63) is 88.7 Å². The Morgan fingerprint density at radius 2 is 1.69 bits per heavy atom. The summed E-state index contributed by atoms with van der Waals surface area (Å²) in [5, 5.41) is 10.9. The normalized spacial score (nSPS) is 19.5. The number of morpholine rings is 1. The second kappa shape index (κ2) is 11.2. The molecule has 0 spiro atoms. The fourth-order valence-electron chi connectivity index (χ4n) is 4.76. The van der Waals surface area contributed by atoms with Gasteiger partial charge in [-0.05, 0) is 34.6 Å². The number of aliphatic hydroxyl groups is 1. The first-order valence-corrected chi connectivity index (χ1v) is 12.7. The Hall–Kier alpha value is -3.22. The molecule has 0 aromatic heterocycles. The fraction of sp³-hybridized carbons (Fsp3) is 0.400. The van der Waals surface area contributed by atoms with Gasteiger partial charge in [-0.3, -0.25) is 14.5 Å². The maximum atomic E-state index is 13.3. The number of hydrogen-bond acceptors (Lipinski definition) is 5. The van der Waals surface area contributed by atoms with Crippen molar-refractivity contribution in [3.8, 4) is 0 Å². The molecular weight excluding hydrogens is 452 g/mol. The van der Waals surface area contributed by atoms with E-state index in [4.69, 9.17) is 4.74 Å². The van der Waals surface area contributed by atoms with Crippen LogP contribution >= 0.6 is 0 Å². The zero-order chi connectivity index (χ0) is 25.7. The number of hydrogen-bond donors (Lipinski definition) is 1. The van der Waals surface area contributed by atoms with Gasteiger partial charge in [-0.2, -0.15) is 0 Å². The number of ether oxygens (including phenoxy) is 1. The highest BCUT2D eigenvalue weighted by Gasteiger charge is 2.42. The van der Waals surface area contributed by atoms with Crippen molar-refractivity contribution in [3.63, 3.8) is 0 Å². The molecule has 1 atom stereocenters. The summed E-state index contributed by atoms with van der Waals surface area (Å²) >= 11 is 0. The van der Waals surface area contributed by atoms with Crippen molar-refractivity contribution in [2.75, 3.05) is 39.4 Å². The van der Waals surface area contributed by atoms with Gasteiger partial charge in [0.25, 0.3) is 5.91 Å². The number of aliphatic hydroxyl groups excluding tert-OH is 1. The van der Waals surface area contributed by atoms with E-state index < -0.39 is 17.7 Å². The van der Waals surface area contributed by atoms with E-state index in [-0.39, 0.29) is 16.8 Å². The zero-order valence-electron chi connectivity index (χ0n) is 21.4. The lowest BCUT2D eigenvalue weighted by Gasteiger charge is -2.30. The summed E-state index contributed by atoms with van der Waals surface area (Å²) in [6, 6.07) is 16.9. The van der Waals surface area contributed by atoms with Gasteiger partial charge in [0.15, 0.2) is 11.5 Å². The molecule has 2 aliphatic heterocycles. The van der Waals surface area contributed by atoms with E-state index in [1.54, 1.807) is 11.0 Å². The first-order valence-electron chi connectivity index (χ1n) is 12.7. The van der Waals surface area contributed by atoms with Gasteiger partial charge in [-0.1, -0.05) is 81.4 Å². The van der Waals surface area contributed by atoms with E-state index in [0.717, 1.165) is 50.4 Å². The molecule has 0 bridgehead atoms. The molecule has 1 fully saturated rings. The number of amides is 1. The predicted octanol–water partition coefficient (Wildman–Crippen LogP) is 4.68. The van der Waals surface area contributed by atoms with Gasteiger partial charge >= 0.3 is 0 Å². The van der Waals surface area contributed by atoms with E-state index in [1.807, 2.05) is 54.6 Å². The molecule has 1 saturated heterocycles. The topological polar surface area (TPSA) is 70.1 Å². The Morgan fingerprint density at radius 3 is 2.33 bits per heavy atom. The van der Waals surface area contributed by atoms with Gasteiger partial charge in [0.1, 0.15) is 0 Å². The minimum absolute atomic E-state index is 0.0169. The second-order valence-corrected chi connectivity index (χ2v) is 10.5. The third-order valence-corrected chi connectivity index (χ3v) is 6.87. The quantitative estimate of drug-likeness (QED) is 0.546. The van der Waals surface area contributed by atoms with Gasteiger partial charge in [0.2, 0.25) is 0 Å². The molecule has 0 saturated carbocycles. The fourth-order valence-corrected chi connectivity index (χ4v) is 4.76. The highest BCUT2D eigenvalue weighted by Crippen LogP contribution is 2.39. The van der Waals surface area contributed by atoms with Crippen LogP contribution in [0.1, 0.15) is 49.9 Å². The maximum absolute atomic E-state index is 13.3. The first-order chi connectivity index (χ1) is 17.3. The molecule has 190 valence electrons. The molecule has 6 nitrogen and oxygen atoms in total. The zero-order valence-corrected chi connectivity index (χ0v) is 21.4. The van der Waals surface area contributed by atoms with Gasteiger partial charge < -0.3 is 14.7 Å². The number of carbonyl (C=O) groups excluding carboxylic acids is 2. The molecule has 0 aliphatic carbocycles. The van der Waals surface area contributed by atoms with Crippen LogP contribution in [0.4, 0.5) is 0 Å². The third-order valence-electron chi connectivity index (χ3n) is 6.87. The van der Waals surface area contributed by atoms with Gasteiger partial charge in [0.05, 0.1) is 24.8 Å². The van der Waals surface area contributed by atoms with Crippen molar-refractivity contribution < 1.29 is 19.4 Å². The Bertz CT molecular complexity index is 1120. The van der Waals surface area contributed by atoms with E-state index in [0.29, 0.717) is 6.54 Å². The minimum Gasteiger partial charge on any atom is -0.503 e. The summed E-state index contributed by atoms with van der Waals surface area (Å²) in [5.74, 6) is -1.29. The molecule has 2 aliphatic rings. The van der Waals surface area contributed by atoms with Gasteiger partial charge in [0, 0.05) is 26.2 Å². The highest BCUT2D eigenvalue weighted by molar-refractivity contribution is 6.14. The van der Waals surface area contributed by atoms with E-state index >= 15 is 0 Å². The van der Waals surface area contributed by atoms with Crippen molar-refractivity contribution in [2.45, 2.75) is 38.6 Å². The Labute approximate surface area is 213 Å². The summed E-state index contributed by atoms with van der Waals surface area (Å²) in [5.41, 5.74) is 2.99. The van der Waals surface area contributed by atoms with E-state index in [2.05, 4.69) is 25.7 Å². The molecule has 2 aromatic carbocycles. The standard InChI is InChI=1S/C30H36N2O4/c1-30(2,3)24-13-11-23(12-14-24)27-26(25(33)15-10-22-8-5-4-6-9-22)28(34)29(35)32(27)17-7-16-31-18-20-36-21-19-31/h4-6,8-15,27,34H,7,16-21H2,1-3H3/b15-10+/t27-/m0/s1. The molecule has 1 N–H and O–H groups in total. The van der Waals surface area contributed by atoms with Crippen molar-refractivity contribution in [1.29, 1.82) is 0 Å². The summed E-state index contributed by atoms with van der Waals surface area (Å²) in [6.45, 7) is 10.9. The highest BCUT2D eigenvalue weighted by atomic mass is 16.5. The molecule has 2 aromatic rings. The average molecular weight is 489 g/mol. The van der Waals surface area contributed by atoms with Crippen LogP contribution < -0.4 is 0 Å². The van der Waals surface area contributed by atoms with Crippen molar-refractivity contribution in [1.82, 2.24) is 9.80 Å². The largest absolute Gasteiger partial charge is 0.503 e. The third kappa shape index (κ3) is 5.94. The summed E-state index contributed by atoms with van der Waals surface area (Å²) in [7, 11) is 0. The molecule has 2 heterocycles. The molecule has 36 heavy (non-hydrogen) atoms. The minimum atomic E-state index is -0.621. The van der Waals surface area contributed by atoms with E-state index in [9.17, 15) is 14.7 Å². The lowest BCUT2D eigenvalue weighted by atomic mass is 9.85. The van der Waals surface area contributed by atoms with Crippen LogP contribution in [0.25, 0.3) is 6.08 Å². The number of rotatable bonds is 8. The maximum Gasteiger partial charge on any atom is 0.290 e.